The van der Waals surface area contributed by atoms with Crippen molar-refractivity contribution in [1.82, 2.24) is 10.9 Å². The van der Waals surface area contributed by atoms with E-state index in [4.69, 9.17) is 0 Å². The molecular formula is C13H16N2O. The number of Topliss-reactive ketones (excluding diaryl/α,β-unsaturated/α-hetero) is 1. The second-order valence-corrected chi connectivity index (χ2v) is 4.67. The highest BCUT2D eigenvalue weighted by Crippen LogP contribution is 2.35. The van der Waals surface area contributed by atoms with E-state index in [0.717, 1.165) is 19.3 Å². The number of nitrogens with one attached hydrogen (secondary N) is 2. The molecule has 16 heavy (non-hydrogen) atoms. The van der Waals surface area contributed by atoms with Gasteiger partial charge in [-0.05, 0) is 18.4 Å². The van der Waals surface area contributed by atoms with Crippen LogP contribution in [0.15, 0.2) is 30.3 Å². The van der Waals surface area contributed by atoms with Crippen LogP contribution in [-0.4, -0.2) is 11.8 Å². The van der Waals surface area contributed by atoms with Gasteiger partial charge in [-0.15, -0.1) is 0 Å². The summed E-state index contributed by atoms with van der Waals surface area (Å²) >= 11 is 0. The van der Waals surface area contributed by atoms with Gasteiger partial charge in [0.15, 0.2) is 0 Å². The summed E-state index contributed by atoms with van der Waals surface area (Å²) in [7, 11) is 0. The molecular weight excluding hydrogens is 200 g/mol. The first-order valence-electron chi connectivity index (χ1n) is 5.95. The molecule has 3 heteroatoms. The second kappa shape index (κ2) is 4.00. The molecule has 1 aromatic rings. The highest BCUT2D eigenvalue weighted by Gasteiger charge is 2.42. The highest BCUT2D eigenvalue weighted by molar-refractivity contribution is 5.83. The van der Waals surface area contributed by atoms with Gasteiger partial charge in [0.2, 0.25) is 0 Å². The Balaban J connectivity index is 1.89. The average molecular weight is 216 g/mol. The van der Waals surface area contributed by atoms with Gasteiger partial charge in [0.25, 0.3) is 0 Å². The van der Waals surface area contributed by atoms with Crippen LogP contribution in [0.5, 0.6) is 0 Å². The van der Waals surface area contributed by atoms with Crippen molar-refractivity contribution in [3.63, 3.8) is 0 Å². The third-order valence-corrected chi connectivity index (χ3v) is 3.69. The third kappa shape index (κ3) is 1.56. The van der Waals surface area contributed by atoms with Gasteiger partial charge in [-0.1, -0.05) is 30.3 Å². The van der Waals surface area contributed by atoms with E-state index in [1.165, 1.54) is 5.56 Å². The van der Waals surface area contributed by atoms with Crippen LogP contribution in [0.25, 0.3) is 0 Å². The maximum Gasteiger partial charge on any atom is 0.139 e. The minimum Gasteiger partial charge on any atom is -0.299 e. The van der Waals surface area contributed by atoms with E-state index in [2.05, 4.69) is 23.0 Å². The Hall–Kier alpha value is -1.19. The van der Waals surface area contributed by atoms with Crippen molar-refractivity contribution in [2.24, 2.45) is 5.92 Å². The van der Waals surface area contributed by atoms with Gasteiger partial charge in [-0.25, -0.2) is 5.43 Å². The number of rotatable bonds is 1. The molecule has 1 aliphatic carbocycles. The molecule has 0 aromatic heterocycles. The standard InChI is InChI=1S/C13H16N2O/c16-11-8-4-7-10-12(11)13(15-14-10)9-5-2-1-3-6-9/h1-3,5-6,10,12-15H,4,7-8H2. The quantitative estimate of drug-likeness (QED) is 0.748. The predicted molar refractivity (Wildman–Crippen MR) is 61.6 cm³/mol. The lowest BCUT2D eigenvalue weighted by atomic mass is 9.78. The normalized spacial score (nSPS) is 33.8. The number of carbonyl (C=O) groups excluding carboxylic acids is 1. The first kappa shape index (κ1) is 10.00. The summed E-state index contributed by atoms with van der Waals surface area (Å²) in [5, 5.41) is 0. The molecule has 1 heterocycles. The van der Waals surface area contributed by atoms with Crippen molar-refractivity contribution in [2.75, 3.05) is 0 Å². The predicted octanol–water partition coefficient (Wildman–Crippen LogP) is 1.57. The number of ketones is 1. The van der Waals surface area contributed by atoms with E-state index in [9.17, 15) is 4.79 Å². The monoisotopic (exact) mass is 216 g/mol. The fourth-order valence-electron chi connectivity index (χ4n) is 2.88. The van der Waals surface area contributed by atoms with Crippen molar-refractivity contribution in [1.29, 1.82) is 0 Å². The molecule has 1 aliphatic heterocycles. The van der Waals surface area contributed by atoms with E-state index >= 15 is 0 Å². The lowest BCUT2D eigenvalue weighted by Crippen LogP contribution is -2.36. The van der Waals surface area contributed by atoms with Crippen LogP contribution in [0.2, 0.25) is 0 Å². The van der Waals surface area contributed by atoms with Crippen LogP contribution >= 0.6 is 0 Å². The molecule has 3 nitrogen and oxygen atoms in total. The summed E-state index contributed by atoms with van der Waals surface area (Å²) in [5.74, 6) is 0.527. The molecule has 2 aliphatic rings. The molecule has 3 unspecified atom stereocenters. The van der Waals surface area contributed by atoms with Gasteiger partial charge in [0, 0.05) is 12.5 Å². The van der Waals surface area contributed by atoms with Crippen molar-refractivity contribution >= 4 is 5.78 Å². The van der Waals surface area contributed by atoms with Gasteiger partial charge < -0.3 is 0 Å². The summed E-state index contributed by atoms with van der Waals surface area (Å²) in [6.45, 7) is 0. The lowest BCUT2D eigenvalue weighted by Gasteiger charge is -2.26. The van der Waals surface area contributed by atoms with Crippen LogP contribution in [0, 0.1) is 5.92 Å². The lowest BCUT2D eigenvalue weighted by molar-refractivity contribution is -0.125. The molecule has 2 fully saturated rings. The molecule has 0 radical (unpaired) electrons. The zero-order valence-electron chi connectivity index (χ0n) is 9.15. The first-order chi connectivity index (χ1) is 7.86. The minimum absolute atomic E-state index is 0.121. The molecule has 1 saturated carbocycles. The summed E-state index contributed by atoms with van der Waals surface area (Å²) < 4.78 is 0. The Morgan fingerprint density at radius 2 is 1.94 bits per heavy atom. The number of carbonyl (C=O) groups is 1. The number of hydrogen-bond acceptors (Lipinski definition) is 3. The highest BCUT2D eigenvalue weighted by atomic mass is 16.1. The maximum absolute atomic E-state index is 12.0. The van der Waals surface area contributed by atoms with Gasteiger partial charge in [0.05, 0.1) is 12.0 Å². The number of fused-ring (bicyclic) bond motifs is 1. The van der Waals surface area contributed by atoms with Gasteiger partial charge >= 0.3 is 0 Å². The van der Waals surface area contributed by atoms with Crippen LogP contribution < -0.4 is 10.9 Å². The van der Waals surface area contributed by atoms with Crippen molar-refractivity contribution in [2.45, 2.75) is 31.3 Å². The fourth-order valence-corrected chi connectivity index (χ4v) is 2.88. The summed E-state index contributed by atoms with van der Waals surface area (Å²) in [5.41, 5.74) is 7.75. The molecule has 2 N–H and O–H groups in total. The Morgan fingerprint density at radius 1 is 1.12 bits per heavy atom. The van der Waals surface area contributed by atoms with Crippen molar-refractivity contribution in [3.8, 4) is 0 Å². The molecule has 3 atom stereocenters. The smallest absolute Gasteiger partial charge is 0.139 e. The third-order valence-electron chi connectivity index (χ3n) is 3.69. The molecule has 0 bridgehead atoms. The molecule has 3 rings (SSSR count). The minimum atomic E-state index is 0.121. The fraction of sp³-hybridized carbons (Fsp3) is 0.462. The van der Waals surface area contributed by atoms with Crippen molar-refractivity contribution < 1.29 is 4.79 Å². The SMILES string of the molecule is O=C1CCCC2NNC(c3ccccc3)C12. The molecule has 1 saturated heterocycles. The summed E-state index contributed by atoms with van der Waals surface area (Å²) in [6.07, 6.45) is 2.87. The van der Waals surface area contributed by atoms with Crippen LogP contribution in [0.4, 0.5) is 0 Å². The molecule has 0 amide bonds. The number of hydrazine groups is 1. The van der Waals surface area contributed by atoms with Crippen molar-refractivity contribution in [3.05, 3.63) is 35.9 Å². The number of benzene rings is 1. The van der Waals surface area contributed by atoms with E-state index in [1.807, 2.05) is 18.2 Å². The average Bonchev–Trinajstić information content (AvgIpc) is 2.75. The van der Waals surface area contributed by atoms with E-state index in [1.54, 1.807) is 0 Å². The van der Waals surface area contributed by atoms with Crippen LogP contribution in [0.1, 0.15) is 30.9 Å². The Bertz CT molecular complexity index is 390. The maximum atomic E-state index is 12.0. The Morgan fingerprint density at radius 3 is 2.75 bits per heavy atom. The van der Waals surface area contributed by atoms with Crippen LogP contribution in [0.3, 0.4) is 0 Å². The van der Waals surface area contributed by atoms with Gasteiger partial charge in [-0.3, -0.25) is 10.2 Å². The summed E-state index contributed by atoms with van der Waals surface area (Å²) in [4.78, 5) is 12.0. The summed E-state index contributed by atoms with van der Waals surface area (Å²) in [6, 6.07) is 10.7. The Kier molecular flexibility index (Phi) is 2.50. The van der Waals surface area contributed by atoms with Crippen LogP contribution in [-0.2, 0) is 4.79 Å². The molecule has 0 spiro atoms. The van der Waals surface area contributed by atoms with E-state index < -0.39 is 0 Å². The van der Waals surface area contributed by atoms with Gasteiger partial charge in [0.1, 0.15) is 5.78 Å². The largest absolute Gasteiger partial charge is 0.299 e. The molecule has 1 aromatic carbocycles. The molecule has 84 valence electrons. The zero-order chi connectivity index (χ0) is 11.0. The first-order valence-corrected chi connectivity index (χ1v) is 5.95. The topological polar surface area (TPSA) is 41.1 Å². The van der Waals surface area contributed by atoms with E-state index in [0.29, 0.717) is 11.8 Å². The zero-order valence-corrected chi connectivity index (χ0v) is 9.15. The van der Waals surface area contributed by atoms with Gasteiger partial charge in [-0.2, -0.15) is 0 Å². The Labute approximate surface area is 95.2 Å². The number of hydrogen-bond donors (Lipinski definition) is 2. The second-order valence-electron chi connectivity index (χ2n) is 4.67. The van der Waals surface area contributed by atoms with E-state index in [-0.39, 0.29) is 12.0 Å².